The van der Waals surface area contributed by atoms with Gasteiger partial charge < -0.3 is 10.1 Å². The predicted octanol–water partition coefficient (Wildman–Crippen LogP) is 0.0681. The van der Waals surface area contributed by atoms with Crippen LogP contribution in [0.25, 0.3) is 0 Å². The third-order valence-corrected chi connectivity index (χ3v) is 4.86. The zero-order chi connectivity index (χ0) is 12.7. The SMILES string of the molecule is CC1(C)C(NCCS(N)(=O)=O)C2CCCOC21. The summed E-state index contributed by atoms with van der Waals surface area (Å²) in [5.41, 5.74) is 0.0868. The van der Waals surface area contributed by atoms with E-state index in [1.807, 2.05) is 0 Å². The van der Waals surface area contributed by atoms with Gasteiger partial charge in [-0.3, -0.25) is 0 Å². The van der Waals surface area contributed by atoms with E-state index in [2.05, 4.69) is 19.2 Å². The Hall–Kier alpha value is -0.170. The van der Waals surface area contributed by atoms with E-state index in [1.165, 1.54) is 6.42 Å². The van der Waals surface area contributed by atoms with Crippen LogP contribution in [0, 0.1) is 11.3 Å². The zero-order valence-electron chi connectivity index (χ0n) is 10.5. The molecule has 1 heterocycles. The molecule has 1 saturated heterocycles. The van der Waals surface area contributed by atoms with Crippen LogP contribution < -0.4 is 10.5 Å². The normalized spacial score (nSPS) is 36.1. The highest BCUT2D eigenvalue weighted by Gasteiger charge is 2.57. The van der Waals surface area contributed by atoms with Gasteiger partial charge in [0, 0.05) is 30.5 Å². The molecular formula is C11H22N2O3S. The number of nitrogens with one attached hydrogen (secondary N) is 1. The van der Waals surface area contributed by atoms with Crippen LogP contribution in [0.15, 0.2) is 0 Å². The summed E-state index contributed by atoms with van der Waals surface area (Å²) >= 11 is 0. The highest BCUT2D eigenvalue weighted by molar-refractivity contribution is 7.89. The van der Waals surface area contributed by atoms with Crippen molar-refractivity contribution >= 4 is 10.0 Å². The second-order valence-corrected chi connectivity index (χ2v) is 7.45. The van der Waals surface area contributed by atoms with Crippen LogP contribution in [-0.2, 0) is 14.8 Å². The molecule has 0 aromatic heterocycles. The summed E-state index contributed by atoms with van der Waals surface area (Å²) in [4.78, 5) is 0. The topological polar surface area (TPSA) is 81.4 Å². The number of hydrogen-bond acceptors (Lipinski definition) is 4. The molecule has 0 amide bonds. The molecule has 5 nitrogen and oxygen atoms in total. The summed E-state index contributed by atoms with van der Waals surface area (Å²) in [6.07, 6.45) is 2.59. The van der Waals surface area contributed by atoms with Gasteiger partial charge in [-0.2, -0.15) is 0 Å². The molecule has 2 aliphatic rings. The first-order valence-corrected chi connectivity index (χ1v) is 7.89. The number of rotatable bonds is 4. The van der Waals surface area contributed by atoms with Crippen molar-refractivity contribution in [1.29, 1.82) is 0 Å². The number of hydrogen-bond donors (Lipinski definition) is 2. The van der Waals surface area contributed by atoms with Crippen molar-refractivity contribution in [2.24, 2.45) is 16.5 Å². The van der Waals surface area contributed by atoms with Crippen molar-refractivity contribution in [3.63, 3.8) is 0 Å². The third-order valence-electron chi connectivity index (χ3n) is 4.08. The Bertz CT molecular complexity index is 380. The fraction of sp³-hybridized carbons (Fsp3) is 1.00. The van der Waals surface area contributed by atoms with Crippen LogP contribution in [0.3, 0.4) is 0 Å². The molecule has 0 spiro atoms. The summed E-state index contributed by atoms with van der Waals surface area (Å²) in [5, 5.41) is 8.31. The Morgan fingerprint density at radius 3 is 2.82 bits per heavy atom. The van der Waals surface area contributed by atoms with E-state index in [4.69, 9.17) is 9.88 Å². The minimum atomic E-state index is -3.36. The molecule has 0 radical (unpaired) electrons. The van der Waals surface area contributed by atoms with Gasteiger partial charge in [-0.1, -0.05) is 13.8 Å². The summed E-state index contributed by atoms with van der Waals surface area (Å²) in [6.45, 7) is 5.63. The molecular weight excluding hydrogens is 240 g/mol. The van der Waals surface area contributed by atoms with Gasteiger partial charge in [0.1, 0.15) is 0 Å². The number of sulfonamides is 1. The molecule has 1 aliphatic heterocycles. The fourth-order valence-electron chi connectivity index (χ4n) is 3.29. The van der Waals surface area contributed by atoms with Gasteiger partial charge in [0.05, 0.1) is 11.9 Å². The molecule has 3 N–H and O–H groups in total. The van der Waals surface area contributed by atoms with Gasteiger partial charge in [0.15, 0.2) is 0 Å². The average Bonchev–Trinajstić information content (AvgIpc) is 2.23. The van der Waals surface area contributed by atoms with Gasteiger partial charge in [0.25, 0.3) is 0 Å². The molecule has 1 aliphatic carbocycles. The lowest BCUT2D eigenvalue weighted by Crippen LogP contribution is -2.69. The van der Waals surface area contributed by atoms with Gasteiger partial charge in [-0.25, -0.2) is 13.6 Å². The minimum Gasteiger partial charge on any atom is -0.377 e. The van der Waals surface area contributed by atoms with Gasteiger partial charge >= 0.3 is 0 Å². The lowest BCUT2D eigenvalue weighted by Gasteiger charge is -2.60. The summed E-state index contributed by atoms with van der Waals surface area (Å²) in [7, 11) is -3.36. The fourth-order valence-corrected chi connectivity index (χ4v) is 3.70. The average molecular weight is 262 g/mol. The number of fused-ring (bicyclic) bond motifs is 1. The monoisotopic (exact) mass is 262 g/mol. The zero-order valence-corrected chi connectivity index (χ0v) is 11.3. The molecule has 0 aromatic rings. The van der Waals surface area contributed by atoms with E-state index in [1.54, 1.807) is 0 Å². The quantitative estimate of drug-likeness (QED) is 0.751. The number of nitrogens with two attached hydrogens (primary N) is 1. The molecule has 17 heavy (non-hydrogen) atoms. The maximum Gasteiger partial charge on any atom is 0.210 e. The van der Waals surface area contributed by atoms with Crippen LogP contribution >= 0.6 is 0 Å². The van der Waals surface area contributed by atoms with E-state index in [0.717, 1.165) is 13.0 Å². The van der Waals surface area contributed by atoms with Crippen molar-refractivity contribution in [1.82, 2.24) is 5.32 Å². The molecule has 1 saturated carbocycles. The number of primary sulfonamides is 1. The highest BCUT2D eigenvalue weighted by atomic mass is 32.2. The largest absolute Gasteiger partial charge is 0.377 e. The standard InChI is InChI=1S/C11H22N2O3S/c1-11(2)9(13-5-7-17(12,14)15)8-4-3-6-16-10(8)11/h8-10,13H,3-7H2,1-2H3,(H2,12,14,15). The lowest BCUT2D eigenvalue weighted by atomic mass is 9.55. The van der Waals surface area contributed by atoms with E-state index < -0.39 is 10.0 Å². The van der Waals surface area contributed by atoms with Crippen molar-refractivity contribution in [2.75, 3.05) is 18.9 Å². The van der Waals surface area contributed by atoms with Crippen LogP contribution in [0.5, 0.6) is 0 Å². The maximum atomic E-state index is 10.9. The van der Waals surface area contributed by atoms with E-state index in [-0.39, 0.29) is 11.2 Å². The summed E-state index contributed by atoms with van der Waals surface area (Å²) < 4.78 is 27.5. The van der Waals surface area contributed by atoms with Gasteiger partial charge in [-0.05, 0) is 12.8 Å². The molecule has 0 aromatic carbocycles. The molecule has 6 heteroatoms. The second-order valence-electron chi connectivity index (χ2n) is 5.72. The van der Waals surface area contributed by atoms with E-state index >= 15 is 0 Å². The van der Waals surface area contributed by atoms with E-state index in [9.17, 15) is 8.42 Å². The van der Waals surface area contributed by atoms with Crippen molar-refractivity contribution in [2.45, 2.75) is 38.8 Å². The number of ether oxygens (including phenoxy) is 1. The Morgan fingerprint density at radius 1 is 1.47 bits per heavy atom. The predicted molar refractivity (Wildman–Crippen MR) is 66.0 cm³/mol. The second kappa shape index (κ2) is 4.50. The summed E-state index contributed by atoms with van der Waals surface area (Å²) in [5.74, 6) is 0.525. The highest BCUT2D eigenvalue weighted by Crippen LogP contribution is 2.51. The summed E-state index contributed by atoms with van der Waals surface area (Å²) in [6, 6.07) is 0.342. The Labute approximate surface area is 103 Å². The van der Waals surface area contributed by atoms with Crippen molar-refractivity contribution in [3.8, 4) is 0 Å². The molecule has 100 valence electrons. The molecule has 2 fully saturated rings. The molecule has 0 bridgehead atoms. The minimum absolute atomic E-state index is 0.00216. The van der Waals surface area contributed by atoms with Gasteiger partial charge in [0.2, 0.25) is 10.0 Å². The smallest absolute Gasteiger partial charge is 0.210 e. The third kappa shape index (κ3) is 2.65. The van der Waals surface area contributed by atoms with Crippen LogP contribution in [0.4, 0.5) is 0 Å². The lowest BCUT2D eigenvalue weighted by molar-refractivity contribution is -0.192. The first-order chi connectivity index (χ1) is 7.82. The Kier molecular flexibility index (Phi) is 3.51. The first-order valence-electron chi connectivity index (χ1n) is 6.18. The van der Waals surface area contributed by atoms with Crippen LogP contribution in [0.2, 0.25) is 0 Å². The molecule has 3 atom stereocenters. The molecule has 3 unspecified atom stereocenters. The van der Waals surface area contributed by atoms with Gasteiger partial charge in [-0.15, -0.1) is 0 Å². The Balaban J connectivity index is 1.88. The maximum absolute atomic E-state index is 10.9. The first kappa shape index (κ1) is 13.3. The van der Waals surface area contributed by atoms with E-state index in [0.29, 0.717) is 24.6 Å². The van der Waals surface area contributed by atoms with Crippen molar-refractivity contribution < 1.29 is 13.2 Å². The van der Waals surface area contributed by atoms with Crippen LogP contribution in [0.1, 0.15) is 26.7 Å². The molecule has 2 rings (SSSR count). The Morgan fingerprint density at radius 2 is 2.18 bits per heavy atom. The van der Waals surface area contributed by atoms with Crippen molar-refractivity contribution in [3.05, 3.63) is 0 Å². The van der Waals surface area contributed by atoms with Crippen LogP contribution in [-0.4, -0.2) is 39.5 Å².